The smallest absolute Gasteiger partial charge is 0.111 e. The van der Waals surface area contributed by atoms with E-state index in [1.54, 1.807) is 6.20 Å². The third kappa shape index (κ3) is 4.39. The molecule has 0 amide bonds. The first-order chi connectivity index (χ1) is 17.5. The lowest BCUT2D eigenvalue weighted by Gasteiger charge is -2.55. The van der Waals surface area contributed by atoms with E-state index in [4.69, 9.17) is 9.47 Å². The van der Waals surface area contributed by atoms with Gasteiger partial charge in [-0.2, -0.15) is 5.26 Å². The fraction of sp³-hybridized carbons (Fsp3) is 0.464. The quantitative estimate of drug-likeness (QED) is 0.559. The molecule has 36 heavy (non-hydrogen) atoms. The highest BCUT2D eigenvalue weighted by Gasteiger charge is 2.48. The molecule has 6 rings (SSSR count). The number of aryl methyl sites for hydroxylation is 1. The van der Waals surface area contributed by atoms with Gasteiger partial charge in [0.2, 0.25) is 0 Å². The van der Waals surface area contributed by atoms with Crippen molar-refractivity contribution < 1.29 is 9.47 Å². The zero-order valence-corrected chi connectivity index (χ0v) is 20.9. The number of aromatic nitrogens is 2. The third-order valence-corrected chi connectivity index (χ3v) is 7.51. The summed E-state index contributed by atoms with van der Waals surface area (Å²) in [5.41, 5.74) is 4.67. The number of morpholine rings is 2. The second-order valence-electron chi connectivity index (χ2n) is 10.4. The molecule has 0 radical (unpaired) electrons. The van der Waals surface area contributed by atoms with Gasteiger partial charge in [0.1, 0.15) is 11.7 Å². The van der Waals surface area contributed by atoms with Gasteiger partial charge in [0.15, 0.2) is 0 Å². The van der Waals surface area contributed by atoms with Crippen LogP contribution in [0.25, 0.3) is 10.9 Å². The first-order valence-corrected chi connectivity index (χ1v) is 12.7. The highest BCUT2D eigenvalue weighted by atomic mass is 16.5. The van der Waals surface area contributed by atoms with Crippen molar-refractivity contribution in [2.75, 3.05) is 62.2 Å². The van der Waals surface area contributed by atoms with Gasteiger partial charge in [-0.3, -0.25) is 14.9 Å². The molecule has 3 aromatic rings. The number of hydrogen-bond acceptors (Lipinski definition) is 8. The standard InChI is InChI=1S/C28H32N6O2/c1-20-12-23(7-9-30-20)33-10-11-35-28(19-33)17-32(18-28)15-24-16-34(14-21(2)36-24)26-6-5-22(13-29)27-25(26)4-3-8-31-27/h3-9,12,21,24H,10-11,14-19H2,1-2H3/t21-,24+/m1/s1. The van der Waals surface area contributed by atoms with Crippen molar-refractivity contribution in [3.63, 3.8) is 0 Å². The summed E-state index contributed by atoms with van der Waals surface area (Å²) < 4.78 is 12.7. The van der Waals surface area contributed by atoms with E-state index in [2.05, 4.69) is 61.9 Å². The molecule has 0 aliphatic carbocycles. The van der Waals surface area contributed by atoms with Crippen LogP contribution in [-0.2, 0) is 9.47 Å². The fourth-order valence-corrected chi connectivity index (χ4v) is 6.04. The SMILES string of the molecule is Cc1cc(N2CCOC3(CN(C[C@H]4CN(c5ccc(C#N)c6ncccc56)C[C@@H](C)O4)C3)C2)ccn1. The zero-order chi connectivity index (χ0) is 24.7. The van der Waals surface area contributed by atoms with Crippen molar-refractivity contribution in [3.05, 3.63) is 60.0 Å². The maximum Gasteiger partial charge on any atom is 0.111 e. The minimum absolute atomic E-state index is 0.107. The Bertz CT molecular complexity index is 1300. The first kappa shape index (κ1) is 23.2. The van der Waals surface area contributed by atoms with E-state index in [9.17, 15) is 5.26 Å². The largest absolute Gasteiger partial charge is 0.370 e. The van der Waals surface area contributed by atoms with E-state index in [1.165, 1.54) is 5.69 Å². The summed E-state index contributed by atoms with van der Waals surface area (Å²) in [6.07, 6.45) is 3.87. The van der Waals surface area contributed by atoms with Crippen LogP contribution in [0.15, 0.2) is 48.8 Å². The molecule has 0 bridgehead atoms. The molecule has 0 unspecified atom stereocenters. The summed E-state index contributed by atoms with van der Waals surface area (Å²) in [5.74, 6) is 0. The van der Waals surface area contributed by atoms with Crippen LogP contribution in [0.2, 0.25) is 0 Å². The van der Waals surface area contributed by atoms with E-state index >= 15 is 0 Å². The van der Waals surface area contributed by atoms with E-state index < -0.39 is 0 Å². The lowest BCUT2D eigenvalue weighted by atomic mass is 9.91. The number of fused-ring (bicyclic) bond motifs is 1. The van der Waals surface area contributed by atoms with Crippen molar-refractivity contribution in [2.45, 2.75) is 31.7 Å². The van der Waals surface area contributed by atoms with E-state index in [0.29, 0.717) is 5.56 Å². The molecule has 3 saturated heterocycles. The molecule has 5 heterocycles. The van der Waals surface area contributed by atoms with Gasteiger partial charge in [-0.25, -0.2) is 0 Å². The summed E-state index contributed by atoms with van der Waals surface area (Å²) in [7, 11) is 0. The minimum atomic E-state index is -0.107. The van der Waals surface area contributed by atoms with Crippen LogP contribution in [0, 0.1) is 18.3 Å². The predicted octanol–water partition coefficient (Wildman–Crippen LogP) is 2.99. The maximum atomic E-state index is 9.51. The zero-order valence-electron chi connectivity index (χ0n) is 20.9. The monoisotopic (exact) mass is 484 g/mol. The molecule has 2 aromatic heterocycles. The number of nitriles is 1. The summed E-state index contributed by atoms with van der Waals surface area (Å²) in [6.45, 7) is 11.1. The van der Waals surface area contributed by atoms with Crippen LogP contribution in [0.4, 0.5) is 11.4 Å². The van der Waals surface area contributed by atoms with Crippen molar-refractivity contribution >= 4 is 22.3 Å². The predicted molar refractivity (Wildman–Crippen MR) is 139 cm³/mol. The second kappa shape index (κ2) is 9.32. The second-order valence-corrected chi connectivity index (χ2v) is 10.4. The van der Waals surface area contributed by atoms with E-state index in [-0.39, 0.29) is 17.8 Å². The number of benzene rings is 1. The Hall–Kier alpha value is -3.25. The molecule has 1 aromatic carbocycles. The summed E-state index contributed by atoms with van der Waals surface area (Å²) in [5, 5.41) is 10.5. The Morgan fingerprint density at radius 1 is 1.08 bits per heavy atom. The number of nitrogens with zero attached hydrogens (tertiary/aromatic N) is 6. The number of pyridine rings is 2. The molecular weight excluding hydrogens is 452 g/mol. The van der Waals surface area contributed by atoms with Gasteiger partial charge < -0.3 is 19.3 Å². The molecule has 3 aliphatic rings. The van der Waals surface area contributed by atoms with Gasteiger partial charge in [-0.1, -0.05) is 0 Å². The highest BCUT2D eigenvalue weighted by molar-refractivity contribution is 5.95. The number of rotatable bonds is 4. The Morgan fingerprint density at radius 3 is 2.81 bits per heavy atom. The lowest BCUT2D eigenvalue weighted by molar-refractivity contribution is -0.161. The molecule has 3 aliphatic heterocycles. The van der Waals surface area contributed by atoms with Gasteiger partial charge in [0, 0.05) is 80.7 Å². The van der Waals surface area contributed by atoms with Gasteiger partial charge in [-0.05, 0) is 50.2 Å². The van der Waals surface area contributed by atoms with Crippen LogP contribution in [0.1, 0.15) is 18.2 Å². The van der Waals surface area contributed by atoms with Gasteiger partial charge in [-0.15, -0.1) is 0 Å². The van der Waals surface area contributed by atoms with E-state index in [0.717, 1.165) is 74.7 Å². The third-order valence-electron chi connectivity index (χ3n) is 7.51. The van der Waals surface area contributed by atoms with Crippen molar-refractivity contribution in [1.29, 1.82) is 5.26 Å². The molecule has 2 atom stereocenters. The normalized spacial score (nSPS) is 24.0. The molecule has 0 N–H and O–H groups in total. The maximum absolute atomic E-state index is 9.51. The number of ether oxygens (including phenoxy) is 2. The van der Waals surface area contributed by atoms with Crippen LogP contribution >= 0.6 is 0 Å². The first-order valence-electron chi connectivity index (χ1n) is 12.7. The summed E-state index contributed by atoms with van der Waals surface area (Å²) >= 11 is 0. The van der Waals surface area contributed by atoms with Crippen LogP contribution in [0.5, 0.6) is 0 Å². The van der Waals surface area contributed by atoms with Crippen LogP contribution in [0.3, 0.4) is 0 Å². The minimum Gasteiger partial charge on any atom is -0.370 e. The fourth-order valence-electron chi connectivity index (χ4n) is 6.04. The Balaban J connectivity index is 1.12. The van der Waals surface area contributed by atoms with Crippen molar-refractivity contribution in [1.82, 2.24) is 14.9 Å². The molecule has 0 saturated carbocycles. The van der Waals surface area contributed by atoms with E-state index in [1.807, 2.05) is 25.3 Å². The molecular formula is C28H32N6O2. The molecule has 1 spiro atoms. The lowest BCUT2D eigenvalue weighted by Crippen LogP contribution is -2.71. The topological polar surface area (TPSA) is 77.8 Å². The molecule has 8 heteroatoms. The Labute approximate surface area is 212 Å². The van der Waals surface area contributed by atoms with Crippen LogP contribution in [-0.4, -0.2) is 85.1 Å². The molecule has 8 nitrogen and oxygen atoms in total. The van der Waals surface area contributed by atoms with Crippen molar-refractivity contribution in [2.24, 2.45) is 0 Å². The van der Waals surface area contributed by atoms with Gasteiger partial charge in [0.25, 0.3) is 0 Å². The average molecular weight is 485 g/mol. The summed E-state index contributed by atoms with van der Waals surface area (Å²) in [4.78, 5) is 16.1. The Morgan fingerprint density at radius 2 is 1.97 bits per heavy atom. The number of anilines is 2. The average Bonchev–Trinajstić information content (AvgIpc) is 2.87. The summed E-state index contributed by atoms with van der Waals surface area (Å²) in [6, 6.07) is 14.5. The van der Waals surface area contributed by atoms with Gasteiger partial charge in [0.05, 0.1) is 29.9 Å². The molecule has 186 valence electrons. The number of hydrogen-bond donors (Lipinski definition) is 0. The van der Waals surface area contributed by atoms with Gasteiger partial charge >= 0.3 is 0 Å². The number of likely N-dealkylation sites (tertiary alicyclic amines) is 1. The Kier molecular flexibility index (Phi) is 6.00. The van der Waals surface area contributed by atoms with Crippen LogP contribution < -0.4 is 9.80 Å². The highest BCUT2D eigenvalue weighted by Crippen LogP contribution is 2.34. The van der Waals surface area contributed by atoms with Crippen molar-refractivity contribution in [3.8, 4) is 6.07 Å². The molecule has 3 fully saturated rings.